The number of aliphatic carboxylic acids is 1. The van der Waals surface area contributed by atoms with Crippen LogP contribution >= 0.6 is 15.9 Å². The van der Waals surface area contributed by atoms with E-state index >= 15 is 0 Å². The molecule has 0 radical (unpaired) electrons. The van der Waals surface area contributed by atoms with Crippen LogP contribution in [-0.4, -0.2) is 16.6 Å². The maximum absolute atomic E-state index is 11.7. The van der Waals surface area contributed by atoms with Crippen molar-refractivity contribution in [2.45, 2.75) is 44.1 Å². The third-order valence-corrected chi connectivity index (χ3v) is 4.49. The number of halogens is 1. The van der Waals surface area contributed by atoms with Crippen LogP contribution in [0.4, 0.5) is 5.69 Å². The van der Waals surface area contributed by atoms with Gasteiger partial charge in [-0.3, -0.25) is 0 Å². The summed E-state index contributed by atoms with van der Waals surface area (Å²) in [5.41, 5.74) is 0.383. The van der Waals surface area contributed by atoms with Crippen molar-refractivity contribution >= 4 is 27.6 Å². The molecule has 0 atom stereocenters. The minimum Gasteiger partial charge on any atom is -0.480 e. The molecule has 4 nitrogen and oxygen atoms in total. The molecule has 0 bridgehead atoms. The number of hydrogen-bond acceptors (Lipinski definition) is 3. The third-order valence-electron chi connectivity index (χ3n) is 3.84. The van der Waals surface area contributed by atoms with Gasteiger partial charge in [0.1, 0.15) is 5.54 Å². The van der Waals surface area contributed by atoms with Gasteiger partial charge in [-0.25, -0.2) is 4.79 Å². The standard InChI is InChI=1S/C15H17BrN2O2/c16-12-9-11(10-17)5-6-13(12)18-15(14(19)20)7-3-1-2-4-8-15/h5-6,9,18H,1-4,7-8H2,(H,19,20). The van der Waals surface area contributed by atoms with Crippen molar-refractivity contribution in [3.05, 3.63) is 28.2 Å². The zero-order valence-corrected chi connectivity index (χ0v) is 12.7. The molecule has 106 valence electrons. The predicted octanol–water partition coefficient (Wildman–Crippen LogP) is 3.91. The molecule has 0 aromatic heterocycles. The molecule has 0 amide bonds. The van der Waals surface area contributed by atoms with E-state index in [-0.39, 0.29) is 0 Å². The number of anilines is 1. The summed E-state index contributed by atoms with van der Waals surface area (Å²) in [5.74, 6) is -0.796. The SMILES string of the molecule is N#Cc1ccc(NC2(C(=O)O)CCCCCC2)c(Br)c1. The number of nitrogens with one attached hydrogen (secondary N) is 1. The number of rotatable bonds is 3. The summed E-state index contributed by atoms with van der Waals surface area (Å²) in [4.78, 5) is 11.7. The second kappa shape index (κ2) is 6.27. The average molecular weight is 337 g/mol. The highest BCUT2D eigenvalue weighted by atomic mass is 79.9. The van der Waals surface area contributed by atoms with Crippen LogP contribution in [0.3, 0.4) is 0 Å². The summed E-state index contributed by atoms with van der Waals surface area (Å²) < 4.78 is 0.724. The maximum Gasteiger partial charge on any atom is 0.329 e. The van der Waals surface area contributed by atoms with Gasteiger partial charge < -0.3 is 10.4 Å². The van der Waals surface area contributed by atoms with Gasteiger partial charge in [0.15, 0.2) is 0 Å². The first-order chi connectivity index (χ1) is 9.57. The Balaban J connectivity index is 2.28. The first kappa shape index (κ1) is 14.9. The Labute approximate surface area is 126 Å². The molecule has 0 aliphatic heterocycles. The zero-order chi connectivity index (χ0) is 14.6. The average Bonchev–Trinajstić information content (AvgIpc) is 2.67. The van der Waals surface area contributed by atoms with E-state index in [4.69, 9.17) is 5.26 Å². The molecule has 1 aliphatic carbocycles. The molecule has 1 fully saturated rings. The first-order valence-corrected chi connectivity index (χ1v) is 7.58. The zero-order valence-electron chi connectivity index (χ0n) is 11.2. The Morgan fingerprint density at radius 1 is 1.30 bits per heavy atom. The van der Waals surface area contributed by atoms with Gasteiger partial charge in [-0.2, -0.15) is 5.26 Å². The maximum atomic E-state index is 11.7. The van der Waals surface area contributed by atoms with Crippen LogP contribution in [-0.2, 0) is 4.79 Å². The highest BCUT2D eigenvalue weighted by molar-refractivity contribution is 9.10. The number of carboxylic acids is 1. The Kier molecular flexibility index (Phi) is 4.66. The van der Waals surface area contributed by atoms with Crippen LogP contribution in [0.15, 0.2) is 22.7 Å². The highest BCUT2D eigenvalue weighted by Gasteiger charge is 2.38. The molecule has 1 saturated carbocycles. The number of nitriles is 1. The molecular formula is C15H17BrN2O2. The van der Waals surface area contributed by atoms with E-state index in [1.54, 1.807) is 18.2 Å². The normalized spacial score (nSPS) is 17.8. The molecule has 5 heteroatoms. The number of hydrogen-bond donors (Lipinski definition) is 2. The highest BCUT2D eigenvalue weighted by Crippen LogP contribution is 2.34. The lowest BCUT2D eigenvalue weighted by molar-refractivity contribution is -0.142. The Hall–Kier alpha value is -1.54. The van der Waals surface area contributed by atoms with E-state index in [0.29, 0.717) is 18.4 Å². The third kappa shape index (κ3) is 3.13. The van der Waals surface area contributed by atoms with Crippen molar-refractivity contribution in [1.29, 1.82) is 5.26 Å². The Morgan fingerprint density at radius 3 is 2.45 bits per heavy atom. The second-order valence-electron chi connectivity index (χ2n) is 5.23. The molecule has 1 aromatic rings. The van der Waals surface area contributed by atoms with Gasteiger partial charge in [-0.05, 0) is 47.0 Å². The lowest BCUT2D eigenvalue weighted by Crippen LogP contribution is -2.46. The van der Waals surface area contributed by atoms with Gasteiger partial charge in [0.2, 0.25) is 0 Å². The molecule has 0 saturated heterocycles. The van der Waals surface area contributed by atoms with Crippen LogP contribution < -0.4 is 5.32 Å². The van der Waals surface area contributed by atoms with Gasteiger partial charge >= 0.3 is 5.97 Å². The summed E-state index contributed by atoms with van der Waals surface area (Å²) in [6.07, 6.45) is 5.29. The summed E-state index contributed by atoms with van der Waals surface area (Å²) in [6.45, 7) is 0. The van der Waals surface area contributed by atoms with Gasteiger partial charge in [0.25, 0.3) is 0 Å². The van der Waals surface area contributed by atoms with E-state index in [9.17, 15) is 9.90 Å². The van der Waals surface area contributed by atoms with E-state index in [1.807, 2.05) is 0 Å². The summed E-state index contributed by atoms with van der Waals surface area (Å²) in [6, 6.07) is 7.23. The quantitative estimate of drug-likeness (QED) is 0.820. The topological polar surface area (TPSA) is 73.1 Å². The van der Waals surface area contributed by atoms with Crippen LogP contribution in [0, 0.1) is 11.3 Å². The molecule has 2 rings (SSSR count). The van der Waals surface area contributed by atoms with Gasteiger partial charge in [0, 0.05) is 10.2 Å². The van der Waals surface area contributed by atoms with Gasteiger partial charge in [-0.1, -0.05) is 25.7 Å². The lowest BCUT2D eigenvalue weighted by Gasteiger charge is -2.31. The molecule has 20 heavy (non-hydrogen) atoms. The van der Waals surface area contributed by atoms with Crippen molar-refractivity contribution in [2.75, 3.05) is 5.32 Å². The minimum absolute atomic E-state index is 0.549. The molecule has 1 aliphatic rings. The van der Waals surface area contributed by atoms with E-state index in [2.05, 4.69) is 27.3 Å². The molecule has 1 aromatic carbocycles. The molecule has 0 spiro atoms. The largest absolute Gasteiger partial charge is 0.480 e. The lowest BCUT2D eigenvalue weighted by atomic mass is 9.90. The van der Waals surface area contributed by atoms with E-state index in [1.165, 1.54) is 0 Å². The van der Waals surface area contributed by atoms with Crippen LogP contribution in [0.5, 0.6) is 0 Å². The minimum atomic E-state index is -0.896. The fourth-order valence-electron chi connectivity index (χ4n) is 2.67. The fraction of sp³-hybridized carbons (Fsp3) is 0.467. The molecule has 0 heterocycles. The summed E-state index contributed by atoms with van der Waals surface area (Å²) in [5, 5.41) is 21.7. The Morgan fingerprint density at radius 2 is 1.95 bits per heavy atom. The van der Waals surface area contributed by atoms with Crippen molar-refractivity contribution < 1.29 is 9.90 Å². The smallest absolute Gasteiger partial charge is 0.329 e. The van der Waals surface area contributed by atoms with Gasteiger partial charge in [-0.15, -0.1) is 0 Å². The fourth-order valence-corrected chi connectivity index (χ4v) is 3.15. The number of carboxylic acid groups (broad SMARTS) is 1. The second-order valence-corrected chi connectivity index (χ2v) is 6.09. The molecule has 2 N–H and O–H groups in total. The van der Waals surface area contributed by atoms with Crippen molar-refractivity contribution in [3.8, 4) is 6.07 Å². The van der Waals surface area contributed by atoms with E-state index in [0.717, 1.165) is 35.8 Å². The number of benzene rings is 1. The summed E-state index contributed by atoms with van der Waals surface area (Å²) >= 11 is 3.40. The predicted molar refractivity (Wildman–Crippen MR) is 80.5 cm³/mol. The number of nitrogens with zero attached hydrogens (tertiary/aromatic N) is 1. The van der Waals surface area contributed by atoms with Crippen LogP contribution in [0.1, 0.15) is 44.1 Å². The summed E-state index contributed by atoms with van der Waals surface area (Å²) in [7, 11) is 0. The van der Waals surface area contributed by atoms with Crippen molar-refractivity contribution in [1.82, 2.24) is 0 Å². The van der Waals surface area contributed by atoms with Crippen molar-refractivity contribution in [2.24, 2.45) is 0 Å². The van der Waals surface area contributed by atoms with Crippen molar-refractivity contribution in [3.63, 3.8) is 0 Å². The molecular weight excluding hydrogens is 320 g/mol. The first-order valence-electron chi connectivity index (χ1n) is 6.79. The Bertz CT molecular complexity index is 543. The van der Waals surface area contributed by atoms with Crippen LogP contribution in [0.25, 0.3) is 0 Å². The van der Waals surface area contributed by atoms with Crippen LogP contribution in [0.2, 0.25) is 0 Å². The van der Waals surface area contributed by atoms with Gasteiger partial charge in [0.05, 0.1) is 11.6 Å². The number of carbonyl (C=O) groups is 1. The van der Waals surface area contributed by atoms with E-state index < -0.39 is 11.5 Å². The monoisotopic (exact) mass is 336 g/mol. The molecule has 0 unspecified atom stereocenters.